The number of aromatic amines is 1. The zero-order chi connectivity index (χ0) is 23.7. The summed E-state index contributed by atoms with van der Waals surface area (Å²) in [6.07, 6.45) is 0.616. The molecule has 2 N–H and O–H groups in total. The van der Waals surface area contributed by atoms with E-state index in [4.69, 9.17) is 4.98 Å². The second kappa shape index (κ2) is 9.10. The second-order valence-corrected chi connectivity index (χ2v) is 8.86. The van der Waals surface area contributed by atoms with Gasteiger partial charge in [0.05, 0.1) is 11.2 Å². The van der Waals surface area contributed by atoms with Gasteiger partial charge in [-0.05, 0) is 47.7 Å². The minimum Gasteiger partial charge on any atom is -0.353 e. The predicted molar refractivity (Wildman–Crippen MR) is 136 cm³/mol. The van der Waals surface area contributed by atoms with E-state index in [1.807, 2.05) is 24.3 Å². The second-order valence-electron chi connectivity index (χ2n) is 8.86. The highest BCUT2D eigenvalue weighted by Gasteiger charge is 2.17. The minimum atomic E-state index is -0.266. The highest BCUT2D eigenvalue weighted by atomic mass is 19.1. The quantitative estimate of drug-likeness (QED) is 0.305. The molecular weight excluding hydrogens is 425 g/mol. The molecule has 0 spiro atoms. The number of halogens is 1. The molecule has 2 aromatic heterocycles. The molecule has 0 saturated heterocycles. The van der Waals surface area contributed by atoms with Crippen molar-refractivity contribution >= 4 is 27.7 Å². The third kappa shape index (κ3) is 4.29. The summed E-state index contributed by atoms with van der Waals surface area (Å²) >= 11 is 0. The maximum Gasteiger partial charge on any atom is 0.269 e. The lowest BCUT2D eigenvalue weighted by molar-refractivity contribution is 0.0949. The van der Waals surface area contributed by atoms with E-state index < -0.39 is 0 Å². The lowest BCUT2D eigenvalue weighted by Gasteiger charge is -2.10. The van der Waals surface area contributed by atoms with Crippen LogP contribution in [0.4, 0.5) is 4.39 Å². The standard InChI is InChI=1S/C29H26FN3O/c1-18(2)20-9-11-21(12-10-20)27-28-24(23-5-3-4-6-25(23)32-28)17-26(33-27)29(34)31-16-15-19-7-13-22(30)14-8-19/h3-14,17-18,32H,15-16H2,1-2H3,(H,31,34). The summed E-state index contributed by atoms with van der Waals surface area (Å²) in [5, 5.41) is 4.99. The molecule has 1 amide bonds. The Morgan fingerprint density at radius 2 is 1.71 bits per heavy atom. The van der Waals surface area contributed by atoms with Crippen LogP contribution in [0.15, 0.2) is 78.9 Å². The number of hydrogen-bond acceptors (Lipinski definition) is 2. The minimum absolute atomic E-state index is 0.227. The highest BCUT2D eigenvalue weighted by Crippen LogP contribution is 2.33. The van der Waals surface area contributed by atoms with Crippen molar-refractivity contribution in [2.75, 3.05) is 6.54 Å². The van der Waals surface area contributed by atoms with Crippen molar-refractivity contribution < 1.29 is 9.18 Å². The fraction of sp³-hybridized carbons (Fsp3) is 0.172. The van der Waals surface area contributed by atoms with Gasteiger partial charge in [-0.25, -0.2) is 9.37 Å². The van der Waals surface area contributed by atoms with E-state index in [2.05, 4.69) is 54.5 Å². The highest BCUT2D eigenvalue weighted by molar-refractivity contribution is 6.13. The number of pyridine rings is 1. The fourth-order valence-corrected chi connectivity index (χ4v) is 4.26. The number of H-pyrrole nitrogens is 1. The molecule has 0 fully saturated rings. The number of carbonyl (C=O) groups excluding carboxylic acids is 1. The number of nitrogens with one attached hydrogen (secondary N) is 2. The van der Waals surface area contributed by atoms with Crippen LogP contribution in [0.5, 0.6) is 0 Å². The van der Waals surface area contributed by atoms with Crippen LogP contribution in [0.2, 0.25) is 0 Å². The Labute approximate surface area is 197 Å². The molecule has 0 unspecified atom stereocenters. The molecule has 5 rings (SSSR count). The van der Waals surface area contributed by atoms with E-state index in [1.165, 1.54) is 17.7 Å². The molecule has 5 heteroatoms. The van der Waals surface area contributed by atoms with Gasteiger partial charge in [-0.2, -0.15) is 0 Å². The topological polar surface area (TPSA) is 57.8 Å². The van der Waals surface area contributed by atoms with Crippen LogP contribution in [0.1, 0.15) is 41.4 Å². The van der Waals surface area contributed by atoms with Crippen molar-refractivity contribution in [3.05, 3.63) is 102 Å². The predicted octanol–water partition coefficient (Wildman–Crippen LogP) is 6.62. The summed E-state index contributed by atoms with van der Waals surface area (Å²) in [7, 11) is 0. The number of aromatic nitrogens is 2. The van der Waals surface area contributed by atoms with Gasteiger partial charge in [0.25, 0.3) is 5.91 Å². The molecule has 34 heavy (non-hydrogen) atoms. The Morgan fingerprint density at radius 3 is 2.44 bits per heavy atom. The van der Waals surface area contributed by atoms with Crippen LogP contribution in [0, 0.1) is 5.82 Å². The molecule has 5 aromatic rings. The molecule has 0 aliphatic rings. The van der Waals surface area contributed by atoms with Crippen LogP contribution in [0.25, 0.3) is 33.1 Å². The Morgan fingerprint density at radius 1 is 0.971 bits per heavy atom. The van der Waals surface area contributed by atoms with Gasteiger partial charge in [0.1, 0.15) is 11.5 Å². The van der Waals surface area contributed by atoms with E-state index in [1.54, 1.807) is 12.1 Å². The summed E-state index contributed by atoms with van der Waals surface area (Å²) in [6.45, 7) is 4.77. The lowest BCUT2D eigenvalue weighted by Crippen LogP contribution is -2.26. The van der Waals surface area contributed by atoms with Crippen LogP contribution in [0.3, 0.4) is 0 Å². The molecule has 0 aliphatic carbocycles. The first kappa shape index (κ1) is 21.8. The number of hydrogen-bond donors (Lipinski definition) is 2. The molecule has 2 heterocycles. The van der Waals surface area contributed by atoms with E-state index in [0.29, 0.717) is 24.6 Å². The largest absolute Gasteiger partial charge is 0.353 e. The van der Waals surface area contributed by atoms with E-state index in [9.17, 15) is 9.18 Å². The smallest absolute Gasteiger partial charge is 0.269 e. The molecule has 0 atom stereocenters. The number of amides is 1. The zero-order valence-corrected chi connectivity index (χ0v) is 19.2. The van der Waals surface area contributed by atoms with Crippen molar-refractivity contribution in [3.63, 3.8) is 0 Å². The molecule has 4 nitrogen and oxygen atoms in total. The monoisotopic (exact) mass is 451 g/mol. The van der Waals surface area contributed by atoms with Gasteiger partial charge < -0.3 is 10.3 Å². The van der Waals surface area contributed by atoms with E-state index in [0.717, 1.165) is 38.6 Å². The van der Waals surface area contributed by atoms with Crippen molar-refractivity contribution in [1.82, 2.24) is 15.3 Å². The van der Waals surface area contributed by atoms with Gasteiger partial charge in [-0.1, -0.05) is 68.4 Å². The Bertz CT molecular complexity index is 1470. The number of fused-ring (bicyclic) bond motifs is 3. The summed E-state index contributed by atoms with van der Waals surface area (Å²) < 4.78 is 13.1. The maximum absolute atomic E-state index is 13.1. The molecule has 0 aliphatic heterocycles. The lowest BCUT2D eigenvalue weighted by atomic mass is 9.99. The molecule has 3 aromatic carbocycles. The van der Waals surface area contributed by atoms with E-state index >= 15 is 0 Å². The van der Waals surface area contributed by atoms with Crippen molar-refractivity contribution in [3.8, 4) is 11.3 Å². The zero-order valence-electron chi connectivity index (χ0n) is 19.2. The Hall–Kier alpha value is -3.99. The number of nitrogens with zero attached hydrogens (tertiary/aromatic N) is 1. The molecule has 0 saturated carbocycles. The molecule has 0 bridgehead atoms. The van der Waals surface area contributed by atoms with Crippen LogP contribution >= 0.6 is 0 Å². The van der Waals surface area contributed by atoms with Crippen LogP contribution in [-0.4, -0.2) is 22.4 Å². The van der Waals surface area contributed by atoms with Crippen molar-refractivity contribution in [1.29, 1.82) is 0 Å². The number of carbonyl (C=O) groups is 1. The van der Waals surface area contributed by atoms with Gasteiger partial charge in [0.2, 0.25) is 0 Å². The van der Waals surface area contributed by atoms with Gasteiger partial charge in [-0.3, -0.25) is 4.79 Å². The summed E-state index contributed by atoms with van der Waals surface area (Å²) in [5.74, 6) is -0.0550. The van der Waals surface area contributed by atoms with Crippen LogP contribution in [-0.2, 0) is 6.42 Å². The fourth-order valence-electron chi connectivity index (χ4n) is 4.26. The van der Waals surface area contributed by atoms with Gasteiger partial charge >= 0.3 is 0 Å². The summed E-state index contributed by atoms with van der Waals surface area (Å²) in [5.41, 5.74) is 6.24. The average Bonchev–Trinajstić information content (AvgIpc) is 3.23. The van der Waals surface area contributed by atoms with Gasteiger partial charge in [-0.15, -0.1) is 0 Å². The number of benzene rings is 3. The Kier molecular flexibility index (Phi) is 5.84. The first-order valence-corrected chi connectivity index (χ1v) is 11.5. The molecule has 0 radical (unpaired) electrons. The molecule has 170 valence electrons. The summed E-state index contributed by atoms with van der Waals surface area (Å²) in [6, 6.07) is 24.6. The first-order valence-electron chi connectivity index (χ1n) is 11.5. The third-order valence-electron chi connectivity index (χ3n) is 6.19. The summed E-state index contributed by atoms with van der Waals surface area (Å²) in [4.78, 5) is 21.4. The normalized spacial score (nSPS) is 11.4. The molecular formula is C29H26FN3O. The Balaban J connectivity index is 1.50. The number of para-hydroxylation sites is 1. The van der Waals surface area contributed by atoms with Crippen LogP contribution < -0.4 is 5.32 Å². The maximum atomic E-state index is 13.1. The number of rotatable bonds is 6. The van der Waals surface area contributed by atoms with Crippen molar-refractivity contribution in [2.24, 2.45) is 0 Å². The average molecular weight is 452 g/mol. The third-order valence-corrected chi connectivity index (χ3v) is 6.19. The van der Waals surface area contributed by atoms with Crippen molar-refractivity contribution in [2.45, 2.75) is 26.2 Å². The van der Waals surface area contributed by atoms with Gasteiger partial charge in [0, 0.05) is 28.4 Å². The first-order chi connectivity index (χ1) is 16.5. The van der Waals surface area contributed by atoms with E-state index in [-0.39, 0.29) is 11.7 Å². The van der Waals surface area contributed by atoms with Gasteiger partial charge in [0.15, 0.2) is 0 Å². The SMILES string of the molecule is CC(C)c1ccc(-c2nc(C(=O)NCCc3ccc(F)cc3)cc3c2[nH]c2ccccc23)cc1.